The molecule has 0 aliphatic carbocycles. The highest BCUT2D eigenvalue weighted by Gasteiger charge is 2.49. The minimum atomic E-state index is -0.871. The number of hydrogen-bond donors (Lipinski definition) is 3. The summed E-state index contributed by atoms with van der Waals surface area (Å²) in [5.74, 6) is -0.939. The average Bonchev–Trinajstić information content (AvgIpc) is 3.34. The topological polar surface area (TPSA) is 143 Å². The van der Waals surface area contributed by atoms with E-state index < -0.39 is 35.4 Å². The molecule has 2 rings (SSSR count). The molecule has 1 aliphatic heterocycles. The van der Waals surface area contributed by atoms with E-state index in [2.05, 4.69) is 35.0 Å². The smallest absolute Gasteiger partial charge is 0.274 e. The van der Waals surface area contributed by atoms with E-state index in [1.165, 1.54) is 6.07 Å². The van der Waals surface area contributed by atoms with Crippen molar-refractivity contribution in [1.29, 1.82) is 0 Å². The van der Waals surface area contributed by atoms with Crippen LogP contribution in [0.25, 0.3) is 0 Å². The Morgan fingerprint density at radius 2 is 1.79 bits per heavy atom. The molecule has 10 nitrogen and oxygen atoms in total. The summed E-state index contributed by atoms with van der Waals surface area (Å²) < 4.78 is 10.1. The number of carbonyl (C=O) groups excluding carboxylic acids is 4. The highest BCUT2D eigenvalue weighted by atomic mass is 16.6. The number of ketones is 1. The maximum Gasteiger partial charge on any atom is 0.274 e. The van der Waals surface area contributed by atoms with Crippen molar-refractivity contribution >= 4 is 23.5 Å². The number of Topliss-reactive ketones (excluding diaryl/α,β-unsaturated/α-hetero) is 1. The summed E-state index contributed by atoms with van der Waals surface area (Å²) in [7, 11) is 0. The molecule has 0 spiro atoms. The fourth-order valence-electron chi connectivity index (χ4n) is 3.36. The molecular formula is C23H36N4O6. The van der Waals surface area contributed by atoms with Gasteiger partial charge in [0, 0.05) is 6.07 Å². The summed E-state index contributed by atoms with van der Waals surface area (Å²) in [6.07, 6.45) is 2.24. The van der Waals surface area contributed by atoms with E-state index in [0.29, 0.717) is 24.7 Å². The van der Waals surface area contributed by atoms with Gasteiger partial charge >= 0.3 is 0 Å². The molecule has 1 fully saturated rings. The summed E-state index contributed by atoms with van der Waals surface area (Å²) >= 11 is 0. The molecule has 3 amide bonds. The van der Waals surface area contributed by atoms with Gasteiger partial charge in [-0.15, -0.1) is 0 Å². The number of rotatable bonds is 13. The molecule has 33 heavy (non-hydrogen) atoms. The van der Waals surface area contributed by atoms with Crippen LogP contribution in [0.4, 0.5) is 0 Å². The van der Waals surface area contributed by atoms with E-state index in [1.807, 2.05) is 0 Å². The molecule has 1 aromatic rings. The summed E-state index contributed by atoms with van der Waals surface area (Å²) in [5, 5.41) is 11.5. The summed E-state index contributed by atoms with van der Waals surface area (Å²) in [5.41, 5.74) is -0.770. The Morgan fingerprint density at radius 3 is 2.30 bits per heavy atom. The Balaban J connectivity index is 1.91. The number of hydrogen-bond acceptors (Lipinski definition) is 7. The van der Waals surface area contributed by atoms with Gasteiger partial charge in [-0.1, -0.05) is 45.7 Å². The van der Waals surface area contributed by atoms with E-state index >= 15 is 0 Å². The van der Waals surface area contributed by atoms with Gasteiger partial charge in [-0.3, -0.25) is 19.2 Å². The molecule has 1 aromatic heterocycles. The standard InChI is InChI=1S/C23H36N4O6/c1-13(2)8-7-9-16(20(29)23(6)12-32-23)25-18(28)11-24-22(31)19(14(3)4)26-21(30)17-10-15(5)33-27-17/h10,13-14,16,19H,7-9,11-12H2,1-6H3,(H,24,31)(H,25,28)(H,26,30)/t16-,19?,23?/m0/s1. The molecule has 0 aromatic carbocycles. The number of carbonyl (C=O) groups is 4. The van der Waals surface area contributed by atoms with E-state index in [-0.39, 0.29) is 23.9 Å². The van der Waals surface area contributed by atoms with Crippen LogP contribution < -0.4 is 16.0 Å². The third kappa shape index (κ3) is 7.96. The van der Waals surface area contributed by atoms with Gasteiger partial charge < -0.3 is 25.2 Å². The van der Waals surface area contributed by atoms with Gasteiger partial charge in [0.1, 0.15) is 17.4 Å². The Hall–Kier alpha value is -2.75. The molecular weight excluding hydrogens is 428 g/mol. The molecule has 1 aliphatic rings. The molecule has 3 atom stereocenters. The van der Waals surface area contributed by atoms with Crippen LogP contribution in [0.2, 0.25) is 0 Å². The normalized spacial score (nSPS) is 19.2. The lowest BCUT2D eigenvalue weighted by Gasteiger charge is -2.22. The first-order valence-electron chi connectivity index (χ1n) is 11.4. The molecule has 0 bridgehead atoms. The van der Waals surface area contributed by atoms with Crippen molar-refractivity contribution in [3.63, 3.8) is 0 Å². The molecule has 2 heterocycles. The van der Waals surface area contributed by atoms with Crippen LogP contribution in [0, 0.1) is 18.8 Å². The quantitative estimate of drug-likeness (QED) is 0.376. The number of nitrogens with zero attached hydrogens (tertiary/aromatic N) is 1. The molecule has 3 N–H and O–H groups in total. The van der Waals surface area contributed by atoms with Gasteiger partial charge in [0.2, 0.25) is 11.8 Å². The van der Waals surface area contributed by atoms with Crippen LogP contribution in [0.5, 0.6) is 0 Å². The molecule has 184 valence electrons. The van der Waals surface area contributed by atoms with Crippen molar-refractivity contribution < 1.29 is 28.4 Å². The molecule has 0 saturated carbocycles. The lowest BCUT2D eigenvalue weighted by molar-refractivity contribution is -0.131. The zero-order chi connectivity index (χ0) is 24.8. The van der Waals surface area contributed by atoms with E-state index in [4.69, 9.17) is 9.26 Å². The molecule has 0 radical (unpaired) electrons. The Kier molecular flexibility index (Phi) is 9.16. The average molecular weight is 465 g/mol. The van der Waals surface area contributed by atoms with Crippen molar-refractivity contribution in [2.45, 2.75) is 78.5 Å². The van der Waals surface area contributed by atoms with Gasteiger partial charge in [0.25, 0.3) is 5.91 Å². The summed E-state index contributed by atoms with van der Waals surface area (Å²) in [4.78, 5) is 50.3. The van der Waals surface area contributed by atoms with Crippen LogP contribution in [-0.2, 0) is 19.1 Å². The predicted molar refractivity (Wildman–Crippen MR) is 120 cm³/mol. The van der Waals surface area contributed by atoms with Gasteiger partial charge in [-0.05, 0) is 32.1 Å². The highest BCUT2D eigenvalue weighted by Crippen LogP contribution is 2.29. The number of nitrogens with one attached hydrogen (secondary N) is 3. The number of epoxide rings is 1. The van der Waals surface area contributed by atoms with Crippen molar-refractivity contribution in [3.8, 4) is 0 Å². The second-order valence-electron chi connectivity index (χ2n) is 9.56. The predicted octanol–water partition coefficient (Wildman–Crippen LogP) is 1.52. The van der Waals surface area contributed by atoms with Crippen molar-refractivity contribution in [1.82, 2.24) is 21.1 Å². The Bertz CT molecular complexity index is 859. The zero-order valence-corrected chi connectivity index (χ0v) is 20.3. The second kappa shape index (κ2) is 11.4. The molecule has 1 saturated heterocycles. The zero-order valence-electron chi connectivity index (χ0n) is 20.3. The first kappa shape index (κ1) is 26.5. The van der Waals surface area contributed by atoms with Crippen LogP contribution in [0.3, 0.4) is 0 Å². The van der Waals surface area contributed by atoms with E-state index in [9.17, 15) is 19.2 Å². The first-order chi connectivity index (χ1) is 15.4. The first-order valence-corrected chi connectivity index (χ1v) is 11.4. The second-order valence-corrected chi connectivity index (χ2v) is 9.56. The van der Waals surface area contributed by atoms with E-state index in [0.717, 1.165) is 12.8 Å². The highest BCUT2D eigenvalue weighted by molar-refractivity contribution is 5.98. The lowest BCUT2D eigenvalue weighted by Crippen LogP contribution is -2.53. The van der Waals surface area contributed by atoms with Crippen molar-refractivity contribution in [3.05, 3.63) is 17.5 Å². The maximum absolute atomic E-state index is 12.7. The molecule has 2 unspecified atom stereocenters. The van der Waals surface area contributed by atoms with Crippen LogP contribution in [0.1, 0.15) is 70.1 Å². The summed E-state index contributed by atoms with van der Waals surface area (Å²) in [6, 6.07) is -0.0697. The molecule has 10 heteroatoms. The minimum absolute atomic E-state index is 0.0715. The van der Waals surface area contributed by atoms with Crippen LogP contribution in [0.15, 0.2) is 10.6 Å². The third-order valence-electron chi connectivity index (χ3n) is 5.54. The fourth-order valence-corrected chi connectivity index (χ4v) is 3.36. The SMILES string of the molecule is Cc1cc(C(=O)NC(C(=O)NCC(=O)N[C@@H](CCCC(C)C)C(=O)C2(C)CO2)C(C)C)no1. The number of aryl methyl sites for hydroxylation is 1. The third-order valence-corrected chi connectivity index (χ3v) is 5.54. The van der Waals surface area contributed by atoms with Crippen LogP contribution in [-0.4, -0.2) is 59.5 Å². The minimum Gasteiger partial charge on any atom is -0.361 e. The Morgan fingerprint density at radius 1 is 1.12 bits per heavy atom. The van der Waals surface area contributed by atoms with Crippen molar-refractivity contribution in [2.24, 2.45) is 11.8 Å². The number of ether oxygens (including phenoxy) is 1. The van der Waals surface area contributed by atoms with E-state index in [1.54, 1.807) is 27.7 Å². The largest absolute Gasteiger partial charge is 0.361 e. The number of aromatic nitrogens is 1. The summed E-state index contributed by atoms with van der Waals surface area (Å²) in [6.45, 7) is 11.2. The Labute approximate surface area is 194 Å². The lowest BCUT2D eigenvalue weighted by atomic mass is 9.94. The number of amides is 3. The van der Waals surface area contributed by atoms with Gasteiger partial charge in [0.05, 0.1) is 19.2 Å². The maximum atomic E-state index is 12.7. The van der Waals surface area contributed by atoms with Crippen molar-refractivity contribution in [2.75, 3.05) is 13.2 Å². The fraction of sp³-hybridized carbons (Fsp3) is 0.696. The van der Waals surface area contributed by atoms with Gasteiger partial charge in [-0.2, -0.15) is 0 Å². The monoisotopic (exact) mass is 464 g/mol. The van der Waals surface area contributed by atoms with Gasteiger partial charge in [-0.25, -0.2) is 0 Å². The van der Waals surface area contributed by atoms with Gasteiger partial charge in [0.15, 0.2) is 11.5 Å². The van der Waals surface area contributed by atoms with Crippen LogP contribution >= 0.6 is 0 Å².